The molecule has 1 heterocycles. The topological polar surface area (TPSA) is 55.6 Å². The highest BCUT2D eigenvalue weighted by Crippen LogP contribution is 2.15. The van der Waals surface area contributed by atoms with E-state index < -0.39 is 5.54 Å². The van der Waals surface area contributed by atoms with E-state index in [0.717, 1.165) is 19.4 Å². The molecular formula is C11H22N2O2. The third-order valence-corrected chi connectivity index (χ3v) is 2.67. The zero-order valence-electron chi connectivity index (χ0n) is 9.95. The molecule has 1 rings (SSSR count). The first kappa shape index (κ1) is 12.5. The van der Waals surface area contributed by atoms with Gasteiger partial charge >= 0.3 is 0 Å². The number of amides is 1. The minimum absolute atomic E-state index is 0.143. The molecule has 0 aromatic carbocycles. The number of rotatable bonds is 3. The largest absolute Gasteiger partial charge is 0.380 e. The van der Waals surface area contributed by atoms with Crippen LogP contribution in [0.15, 0.2) is 0 Å². The fourth-order valence-electron chi connectivity index (χ4n) is 1.86. The van der Waals surface area contributed by atoms with Gasteiger partial charge in [-0.05, 0) is 26.7 Å². The summed E-state index contributed by atoms with van der Waals surface area (Å²) >= 11 is 0. The van der Waals surface area contributed by atoms with Gasteiger partial charge in [-0.1, -0.05) is 0 Å². The van der Waals surface area contributed by atoms with Gasteiger partial charge in [0.15, 0.2) is 0 Å². The van der Waals surface area contributed by atoms with E-state index >= 15 is 0 Å². The van der Waals surface area contributed by atoms with Crippen LogP contribution in [0.3, 0.4) is 0 Å². The molecule has 0 aliphatic carbocycles. The van der Waals surface area contributed by atoms with E-state index in [0.29, 0.717) is 13.0 Å². The average Bonchev–Trinajstić information content (AvgIpc) is 2.15. The molecule has 88 valence electrons. The molecule has 0 radical (unpaired) electrons. The second kappa shape index (κ2) is 4.94. The lowest BCUT2D eigenvalue weighted by Crippen LogP contribution is -2.46. The molecule has 1 saturated heterocycles. The number of hydrogen-bond donors (Lipinski definition) is 1. The molecule has 1 fully saturated rings. The van der Waals surface area contributed by atoms with Crippen LogP contribution in [0.4, 0.5) is 0 Å². The Balaban J connectivity index is 2.45. The van der Waals surface area contributed by atoms with Crippen LogP contribution in [0, 0.1) is 0 Å². The molecule has 0 bridgehead atoms. The normalized spacial score (nSPS) is 22.9. The van der Waals surface area contributed by atoms with Crippen molar-refractivity contribution < 1.29 is 9.53 Å². The molecule has 1 aliphatic heterocycles. The maximum Gasteiger partial charge on any atom is 0.224 e. The Hall–Kier alpha value is -0.610. The Morgan fingerprint density at radius 2 is 2.27 bits per heavy atom. The summed E-state index contributed by atoms with van der Waals surface area (Å²) in [4.78, 5) is 13.7. The SMILES string of the molecule is COC1CCCN(C(=O)CC(C)(C)N)C1. The highest BCUT2D eigenvalue weighted by atomic mass is 16.5. The molecule has 0 saturated carbocycles. The number of hydrogen-bond acceptors (Lipinski definition) is 3. The first-order valence-electron chi connectivity index (χ1n) is 5.52. The number of piperidine rings is 1. The second-order valence-electron chi connectivity index (χ2n) is 5.01. The van der Waals surface area contributed by atoms with Gasteiger partial charge in [0, 0.05) is 32.2 Å². The Bertz CT molecular complexity index is 223. The molecule has 1 aliphatic rings. The van der Waals surface area contributed by atoms with Gasteiger partial charge in [-0.3, -0.25) is 4.79 Å². The van der Waals surface area contributed by atoms with Crippen molar-refractivity contribution in [3.05, 3.63) is 0 Å². The molecule has 4 nitrogen and oxygen atoms in total. The first-order chi connectivity index (χ1) is 6.92. The van der Waals surface area contributed by atoms with E-state index in [9.17, 15) is 4.79 Å². The number of methoxy groups -OCH3 is 1. The standard InChI is InChI=1S/C11H22N2O2/c1-11(2,12)7-10(14)13-6-4-5-9(8-13)15-3/h9H,4-8,12H2,1-3H3. The summed E-state index contributed by atoms with van der Waals surface area (Å²) in [5, 5.41) is 0. The first-order valence-corrected chi connectivity index (χ1v) is 5.52. The molecular weight excluding hydrogens is 192 g/mol. The molecule has 2 N–H and O–H groups in total. The van der Waals surface area contributed by atoms with Gasteiger partial charge in [0.25, 0.3) is 0 Å². The second-order valence-corrected chi connectivity index (χ2v) is 5.01. The summed E-state index contributed by atoms with van der Waals surface area (Å²) in [7, 11) is 1.70. The van der Waals surface area contributed by atoms with E-state index in [1.807, 2.05) is 18.7 Å². The molecule has 1 atom stereocenters. The molecule has 4 heteroatoms. The fraction of sp³-hybridized carbons (Fsp3) is 0.909. The van der Waals surface area contributed by atoms with Crippen LogP contribution in [0.2, 0.25) is 0 Å². The predicted octanol–water partition coefficient (Wildman–Crippen LogP) is 0.751. The summed E-state index contributed by atoms with van der Waals surface area (Å²) in [6.07, 6.45) is 2.67. The van der Waals surface area contributed by atoms with Crippen LogP contribution in [-0.4, -0.2) is 42.6 Å². The van der Waals surface area contributed by atoms with Crippen LogP contribution in [0.25, 0.3) is 0 Å². The van der Waals surface area contributed by atoms with E-state index in [2.05, 4.69) is 0 Å². The summed E-state index contributed by atoms with van der Waals surface area (Å²) in [5.41, 5.74) is 5.41. The predicted molar refractivity (Wildman–Crippen MR) is 59.5 cm³/mol. The van der Waals surface area contributed by atoms with E-state index in [4.69, 9.17) is 10.5 Å². The van der Waals surface area contributed by atoms with E-state index in [1.54, 1.807) is 7.11 Å². The van der Waals surface area contributed by atoms with Crippen LogP contribution >= 0.6 is 0 Å². The average molecular weight is 214 g/mol. The summed E-state index contributed by atoms with van der Waals surface area (Å²) in [6, 6.07) is 0. The van der Waals surface area contributed by atoms with Gasteiger partial charge in [0.05, 0.1) is 6.10 Å². The molecule has 1 unspecified atom stereocenters. The van der Waals surface area contributed by atoms with Crippen molar-refractivity contribution in [3.63, 3.8) is 0 Å². The minimum Gasteiger partial charge on any atom is -0.380 e. The van der Waals surface area contributed by atoms with Crippen LogP contribution < -0.4 is 5.73 Å². The monoisotopic (exact) mass is 214 g/mol. The Labute approximate surface area is 91.8 Å². The Morgan fingerprint density at radius 3 is 2.80 bits per heavy atom. The number of likely N-dealkylation sites (tertiary alicyclic amines) is 1. The lowest BCUT2D eigenvalue weighted by molar-refractivity contribution is -0.135. The lowest BCUT2D eigenvalue weighted by Gasteiger charge is -2.33. The number of carbonyl (C=O) groups excluding carboxylic acids is 1. The minimum atomic E-state index is -0.420. The Morgan fingerprint density at radius 1 is 1.60 bits per heavy atom. The highest BCUT2D eigenvalue weighted by molar-refractivity contribution is 5.77. The smallest absolute Gasteiger partial charge is 0.224 e. The zero-order valence-corrected chi connectivity index (χ0v) is 9.95. The van der Waals surface area contributed by atoms with E-state index in [-0.39, 0.29) is 12.0 Å². The quantitative estimate of drug-likeness (QED) is 0.754. The van der Waals surface area contributed by atoms with Crippen LogP contribution in [0.1, 0.15) is 33.1 Å². The van der Waals surface area contributed by atoms with Crippen molar-refractivity contribution in [1.82, 2.24) is 4.90 Å². The fourth-order valence-corrected chi connectivity index (χ4v) is 1.86. The number of nitrogens with zero attached hydrogens (tertiary/aromatic N) is 1. The van der Waals surface area contributed by atoms with Gasteiger partial charge in [-0.15, -0.1) is 0 Å². The third-order valence-electron chi connectivity index (χ3n) is 2.67. The Kier molecular flexibility index (Phi) is 4.11. The lowest BCUT2D eigenvalue weighted by atomic mass is 10.00. The van der Waals surface area contributed by atoms with Gasteiger partial charge in [0.2, 0.25) is 5.91 Å². The van der Waals surface area contributed by atoms with Crippen LogP contribution in [-0.2, 0) is 9.53 Å². The molecule has 0 spiro atoms. The molecule has 0 aromatic rings. The number of carbonyl (C=O) groups is 1. The van der Waals surface area contributed by atoms with E-state index in [1.165, 1.54) is 0 Å². The van der Waals surface area contributed by atoms with Gasteiger partial charge < -0.3 is 15.4 Å². The summed E-state index contributed by atoms with van der Waals surface area (Å²) in [5.74, 6) is 0.143. The van der Waals surface area contributed by atoms with Gasteiger partial charge in [0.1, 0.15) is 0 Å². The maximum atomic E-state index is 11.9. The highest BCUT2D eigenvalue weighted by Gasteiger charge is 2.26. The van der Waals surface area contributed by atoms with Crippen LogP contribution in [0.5, 0.6) is 0 Å². The van der Waals surface area contributed by atoms with Crippen molar-refractivity contribution >= 4 is 5.91 Å². The number of ether oxygens (including phenoxy) is 1. The molecule has 0 aromatic heterocycles. The summed E-state index contributed by atoms with van der Waals surface area (Å²) < 4.78 is 5.28. The summed E-state index contributed by atoms with van der Waals surface area (Å²) in [6.45, 7) is 5.31. The molecule has 15 heavy (non-hydrogen) atoms. The van der Waals surface area contributed by atoms with Crippen molar-refractivity contribution in [2.75, 3.05) is 20.2 Å². The van der Waals surface area contributed by atoms with Gasteiger partial charge in [-0.2, -0.15) is 0 Å². The van der Waals surface area contributed by atoms with Crippen molar-refractivity contribution in [3.8, 4) is 0 Å². The molecule has 1 amide bonds. The zero-order chi connectivity index (χ0) is 11.5. The third kappa shape index (κ3) is 4.18. The van der Waals surface area contributed by atoms with Crippen molar-refractivity contribution in [1.29, 1.82) is 0 Å². The number of nitrogens with two attached hydrogens (primary N) is 1. The maximum absolute atomic E-state index is 11.9. The van der Waals surface area contributed by atoms with Crippen molar-refractivity contribution in [2.45, 2.75) is 44.8 Å². The van der Waals surface area contributed by atoms with Gasteiger partial charge in [-0.25, -0.2) is 0 Å². The van der Waals surface area contributed by atoms with Crippen molar-refractivity contribution in [2.24, 2.45) is 5.73 Å².